The van der Waals surface area contributed by atoms with E-state index in [9.17, 15) is 0 Å². The van der Waals surface area contributed by atoms with Gasteiger partial charge < -0.3 is 4.42 Å². The molecule has 0 bridgehead atoms. The highest BCUT2D eigenvalue weighted by Gasteiger charge is 2.38. The standard InChI is InChI=1S/C57H36OS/c1-57(2)47-24-11-9-16-37(47)43-22-13-23-45(54(43)57)52-41-20-7-5-18-39(41)50(40-19-6-8-21-42(40)52)33-26-28-34(29-27-33)51-36-15-4-3-14-35(36)32-46-53-49(59-56(46)51)31-30-44-38-17-10-12-25-48(38)58-55(44)53/h3-32H,1-2H3. The van der Waals surface area contributed by atoms with E-state index in [0.717, 1.165) is 16.6 Å². The van der Waals surface area contributed by atoms with Crippen molar-refractivity contribution in [3.63, 3.8) is 0 Å². The normalized spacial score (nSPS) is 13.4. The zero-order valence-corrected chi connectivity index (χ0v) is 33.5. The van der Waals surface area contributed by atoms with Crippen LogP contribution >= 0.6 is 11.3 Å². The number of furan rings is 1. The number of hydrogen-bond donors (Lipinski definition) is 0. The SMILES string of the molecule is CC1(C)c2ccccc2-c2cccc(-c3c4ccccc4c(-c4ccc(-c5c6ccccc6cc6c5sc5ccc7c8ccccc8oc7c56)cc4)c4ccccc34)c21. The summed E-state index contributed by atoms with van der Waals surface area (Å²) in [7, 11) is 0. The van der Waals surface area contributed by atoms with E-state index in [1.54, 1.807) is 0 Å². The molecule has 0 spiro atoms. The summed E-state index contributed by atoms with van der Waals surface area (Å²) in [6.45, 7) is 4.78. The van der Waals surface area contributed by atoms with Gasteiger partial charge in [0, 0.05) is 41.9 Å². The van der Waals surface area contributed by atoms with Crippen molar-refractivity contribution in [3.8, 4) is 44.5 Å². The molecule has 1 aliphatic rings. The van der Waals surface area contributed by atoms with Crippen LogP contribution in [0.3, 0.4) is 0 Å². The van der Waals surface area contributed by atoms with Crippen LogP contribution in [0.4, 0.5) is 0 Å². The van der Waals surface area contributed by atoms with Gasteiger partial charge in [-0.3, -0.25) is 0 Å². The van der Waals surface area contributed by atoms with Crippen LogP contribution in [0.25, 0.3) is 119 Å². The molecule has 0 saturated carbocycles. The van der Waals surface area contributed by atoms with Crippen LogP contribution < -0.4 is 0 Å². The fraction of sp³-hybridized carbons (Fsp3) is 0.0526. The van der Waals surface area contributed by atoms with E-state index in [4.69, 9.17) is 4.42 Å². The molecule has 0 saturated heterocycles. The van der Waals surface area contributed by atoms with Gasteiger partial charge in [-0.05, 0) is 107 Å². The maximum atomic E-state index is 6.61. The number of rotatable bonds is 3. The Labute approximate surface area is 345 Å². The largest absolute Gasteiger partial charge is 0.455 e. The lowest BCUT2D eigenvalue weighted by Crippen LogP contribution is -2.16. The lowest BCUT2D eigenvalue weighted by Gasteiger charge is -2.26. The predicted octanol–water partition coefficient (Wildman–Crippen LogP) is 16.7. The minimum absolute atomic E-state index is 0.126. The van der Waals surface area contributed by atoms with Crippen LogP contribution in [0.2, 0.25) is 0 Å². The van der Waals surface area contributed by atoms with Crippen LogP contribution in [0, 0.1) is 0 Å². The highest BCUT2D eigenvalue weighted by atomic mass is 32.1. The Balaban J connectivity index is 1.03. The average Bonchev–Trinajstić information content (AvgIpc) is 3.92. The topological polar surface area (TPSA) is 13.1 Å². The molecule has 0 aliphatic heterocycles. The molecule has 0 amide bonds. The van der Waals surface area contributed by atoms with E-state index in [-0.39, 0.29) is 5.41 Å². The van der Waals surface area contributed by atoms with E-state index in [2.05, 4.69) is 196 Å². The second-order valence-electron chi connectivity index (χ2n) is 16.7. The van der Waals surface area contributed by atoms with Crippen molar-refractivity contribution >= 4 is 85.8 Å². The smallest absolute Gasteiger partial charge is 0.144 e. The van der Waals surface area contributed by atoms with Crippen molar-refractivity contribution in [2.75, 3.05) is 0 Å². The molecule has 2 heteroatoms. The van der Waals surface area contributed by atoms with E-state index >= 15 is 0 Å². The van der Waals surface area contributed by atoms with Gasteiger partial charge in [0.05, 0.1) is 0 Å². The van der Waals surface area contributed by atoms with Crippen molar-refractivity contribution in [3.05, 3.63) is 193 Å². The molecule has 0 fully saturated rings. The van der Waals surface area contributed by atoms with Crippen LogP contribution in [0.5, 0.6) is 0 Å². The first-order valence-electron chi connectivity index (χ1n) is 20.5. The lowest BCUT2D eigenvalue weighted by atomic mass is 9.77. The molecule has 276 valence electrons. The number of para-hydroxylation sites is 1. The molecule has 0 unspecified atom stereocenters. The van der Waals surface area contributed by atoms with Crippen LogP contribution in [0.1, 0.15) is 25.0 Å². The molecular weight excluding hydrogens is 733 g/mol. The molecule has 0 N–H and O–H groups in total. The Bertz CT molecular complexity index is 3690. The van der Waals surface area contributed by atoms with E-state index in [1.807, 2.05) is 11.3 Å². The van der Waals surface area contributed by atoms with Crippen LogP contribution in [0.15, 0.2) is 186 Å². The first kappa shape index (κ1) is 33.0. The van der Waals surface area contributed by atoms with Crippen molar-refractivity contribution in [1.82, 2.24) is 0 Å². The van der Waals surface area contributed by atoms with Gasteiger partial charge in [0.25, 0.3) is 0 Å². The summed E-state index contributed by atoms with van der Waals surface area (Å²) in [4.78, 5) is 0. The Kier molecular flexibility index (Phi) is 6.73. The van der Waals surface area contributed by atoms with Crippen LogP contribution in [-0.2, 0) is 5.41 Å². The molecule has 59 heavy (non-hydrogen) atoms. The fourth-order valence-corrected chi connectivity index (χ4v) is 12.0. The minimum atomic E-state index is -0.126. The summed E-state index contributed by atoms with van der Waals surface area (Å²) in [6, 6.07) is 67.5. The van der Waals surface area contributed by atoms with Crippen molar-refractivity contribution in [1.29, 1.82) is 0 Å². The fourth-order valence-electron chi connectivity index (χ4n) is 10.7. The molecule has 13 rings (SSSR count). The summed E-state index contributed by atoms with van der Waals surface area (Å²) in [5.41, 5.74) is 14.9. The maximum Gasteiger partial charge on any atom is 0.144 e. The molecule has 0 radical (unpaired) electrons. The molecule has 1 aliphatic carbocycles. The van der Waals surface area contributed by atoms with Gasteiger partial charge in [-0.25, -0.2) is 0 Å². The zero-order valence-electron chi connectivity index (χ0n) is 32.6. The second kappa shape index (κ2) is 12.0. The monoisotopic (exact) mass is 768 g/mol. The van der Waals surface area contributed by atoms with Gasteiger partial charge in [0.15, 0.2) is 0 Å². The van der Waals surface area contributed by atoms with Crippen molar-refractivity contribution < 1.29 is 4.42 Å². The summed E-state index contributed by atoms with van der Waals surface area (Å²) in [5.74, 6) is 0. The maximum absolute atomic E-state index is 6.61. The third-order valence-corrected chi connectivity index (χ3v) is 14.4. The van der Waals surface area contributed by atoms with E-state index in [0.29, 0.717) is 0 Å². The third-order valence-electron chi connectivity index (χ3n) is 13.2. The number of benzene rings is 10. The third kappa shape index (κ3) is 4.50. The Hall–Kier alpha value is -7.00. The molecule has 0 atom stereocenters. The van der Waals surface area contributed by atoms with E-state index < -0.39 is 0 Å². The lowest BCUT2D eigenvalue weighted by molar-refractivity contribution is 0.662. The Morgan fingerprint density at radius 1 is 0.424 bits per heavy atom. The molecule has 2 heterocycles. The van der Waals surface area contributed by atoms with Crippen molar-refractivity contribution in [2.24, 2.45) is 0 Å². The minimum Gasteiger partial charge on any atom is -0.455 e. The number of hydrogen-bond acceptors (Lipinski definition) is 2. The molecular formula is C57H36OS. The van der Waals surface area contributed by atoms with E-state index in [1.165, 1.54) is 114 Å². The van der Waals surface area contributed by atoms with Gasteiger partial charge in [-0.1, -0.05) is 172 Å². The zero-order chi connectivity index (χ0) is 39.0. The first-order valence-corrected chi connectivity index (χ1v) is 21.3. The Morgan fingerprint density at radius 2 is 1.00 bits per heavy atom. The van der Waals surface area contributed by atoms with Gasteiger partial charge in [-0.2, -0.15) is 0 Å². The quantitative estimate of drug-likeness (QED) is 0.163. The molecule has 2 aromatic heterocycles. The molecule has 10 aromatic carbocycles. The summed E-state index contributed by atoms with van der Waals surface area (Å²) in [6.07, 6.45) is 0. The molecule has 1 nitrogen and oxygen atoms in total. The summed E-state index contributed by atoms with van der Waals surface area (Å²) < 4.78 is 9.15. The van der Waals surface area contributed by atoms with Gasteiger partial charge in [0.1, 0.15) is 11.2 Å². The highest BCUT2D eigenvalue weighted by Crippen LogP contribution is 2.55. The predicted molar refractivity (Wildman–Crippen MR) is 253 cm³/mol. The van der Waals surface area contributed by atoms with Gasteiger partial charge >= 0.3 is 0 Å². The first-order chi connectivity index (χ1) is 29.0. The average molecular weight is 769 g/mol. The number of thiophene rings is 1. The molecule has 12 aromatic rings. The second-order valence-corrected chi connectivity index (χ2v) is 17.7. The number of fused-ring (bicyclic) bond motifs is 13. The van der Waals surface area contributed by atoms with Gasteiger partial charge in [-0.15, -0.1) is 11.3 Å². The summed E-state index contributed by atoms with van der Waals surface area (Å²) in [5, 5.41) is 12.4. The van der Waals surface area contributed by atoms with Gasteiger partial charge in [0.2, 0.25) is 0 Å². The highest BCUT2D eigenvalue weighted by molar-refractivity contribution is 7.26. The Morgan fingerprint density at radius 3 is 1.75 bits per heavy atom. The van der Waals surface area contributed by atoms with Crippen molar-refractivity contribution in [2.45, 2.75) is 19.3 Å². The summed E-state index contributed by atoms with van der Waals surface area (Å²) >= 11 is 1.87. The van der Waals surface area contributed by atoms with Crippen LogP contribution in [-0.4, -0.2) is 0 Å².